The van der Waals surface area contributed by atoms with Crippen molar-refractivity contribution in [3.05, 3.63) is 70.2 Å². The highest BCUT2D eigenvalue weighted by atomic mass is 35.5. The van der Waals surface area contributed by atoms with Gasteiger partial charge in [0, 0.05) is 17.4 Å². The van der Waals surface area contributed by atoms with E-state index in [0.29, 0.717) is 28.9 Å². The summed E-state index contributed by atoms with van der Waals surface area (Å²) in [5, 5.41) is 0.700. The summed E-state index contributed by atoms with van der Waals surface area (Å²) in [4.78, 5) is 12.7. The maximum atomic E-state index is 13.2. The molecule has 0 bridgehead atoms. The molecule has 21 heavy (non-hydrogen) atoms. The van der Waals surface area contributed by atoms with Crippen LogP contribution in [0.4, 0.5) is 4.39 Å². The molecule has 1 heterocycles. The van der Waals surface area contributed by atoms with Crippen molar-refractivity contribution in [1.82, 2.24) is 0 Å². The van der Waals surface area contributed by atoms with Crippen molar-refractivity contribution in [2.24, 2.45) is 0 Å². The molecule has 0 saturated carbocycles. The average molecular weight is 303 g/mol. The minimum atomic E-state index is -0.541. The monoisotopic (exact) mass is 302 g/mol. The van der Waals surface area contributed by atoms with Gasteiger partial charge in [-0.2, -0.15) is 0 Å². The van der Waals surface area contributed by atoms with Gasteiger partial charge >= 0.3 is 0 Å². The molecule has 0 spiro atoms. The number of carbonyl (C=O) groups is 1. The van der Waals surface area contributed by atoms with Gasteiger partial charge in [-0.3, -0.25) is 4.79 Å². The number of ketones is 1. The van der Waals surface area contributed by atoms with E-state index in [0.717, 1.165) is 5.39 Å². The van der Waals surface area contributed by atoms with Crippen molar-refractivity contribution < 1.29 is 13.6 Å². The van der Waals surface area contributed by atoms with Gasteiger partial charge in [0.15, 0.2) is 5.78 Å². The van der Waals surface area contributed by atoms with E-state index in [1.54, 1.807) is 0 Å². The first-order valence-corrected chi connectivity index (χ1v) is 6.99. The zero-order chi connectivity index (χ0) is 15.0. The first-order valence-electron chi connectivity index (χ1n) is 6.62. The molecule has 106 valence electrons. The summed E-state index contributed by atoms with van der Waals surface area (Å²) in [6.45, 7) is 1.92. The van der Waals surface area contributed by atoms with Crippen LogP contribution in [0.5, 0.6) is 0 Å². The first kappa shape index (κ1) is 13.8. The molecular weight excluding hydrogens is 291 g/mol. The van der Waals surface area contributed by atoms with Crippen molar-refractivity contribution in [2.45, 2.75) is 13.3 Å². The Balaban J connectivity index is 2.18. The predicted molar refractivity (Wildman–Crippen MR) is 80.4 cm³/mol. The quantitative estimate of drug-likeness (QED) is 0.636. The van der Waals surface area contributed by atoms with Crippen LogP contribution in [0, 0.1) is 5.82 Å². The summed E-state index contributed by atoms with van der Waals surface area (Å²) in [5.74, 6) is -0.124. The second-order valence-corrected chi connectivity index (χ2v) is 5.12. The number of hydrogen-bond acceptors (Lipinski definition) is 2. The van der Waals surface area contributed by atoms with Crippen molar-refractivity contribution >= 4 is 28.4 Å². The lowest BCUT2D eigenvalue weighted by molar-refractivity contribution is 0.103. The van der Waals surface area contributed by atoms with Gasteiger partial charge < -0.3 is 4.42 Å². The summed E-state index contributed by atoms with van der Waals surface area (Å²) < 4.78 is 19.0. The lowest BCUT2D eigenvalue weighted by Crippen LogP contribution is -2.03. The Labute approximate surface area is 126 Å². The number of rotatable bonds is 3. The summed E-state index contributed by atoms with van der Waals surface area (Å²) >= 11 is 5.76. The van der Waals surface area contributed by atoms with Crippen LogP contribution < -0.4 is 0 Å². The SMILES string of the molecule is CCc1oc2ccccc2c1C(=O)c1ccc(F)c(Cl)c1. The van der Waals surface area contributed by atoms with Crippen LogP contribution in [0.3, 0.4) is 0 Å². The highest BCUT2D eigenvalue weighted by molar-refractivity contribution is 6.31. The van der Waals surface area contributed by atoms with E-state index in [1.807, 2.05) is 31.2 Å². The van der Waals surface area contributed by atoms with E-state index >= 15 is 0 Å². The molecule has 0 aliphatic heterocycles. The van der Waals surface area contributed by atoms with Gasteiger partial charge in [-0.15, -0.1) is 0 Å². The molecule has 3 rings (SSSR count). The maximum absolute atomic E-state index is 13.2. The molecule has 1 aromatic heterocycles. The van der Waals surface area contributed by atoms with E-state index in [-0.39, 0.29) is 10.8 Å². The largest absolute Gasteiger partial charge is 0.460 e. The Morgan fingerprint density at radius 1 is 1.24 bits per heavy atom. The highest BCUT2D eigenvalue weighted by Crippen LogP contribution is 2.29. The van der Waals surface area contributed by atoms with E-state index in [1.165, 1.54) is 18.2 Å². The van der Waals surface area contributed by atoms with Crippen molar-refractivity contribution in [3.63, 3.8) is 0 Å². The zero-order valence-corrected chi connectivity index (χ0v) is 12.1. The number of para-hydroxylation sites is 1. The van der Waals surface area contributed by atoms with Crippen LogP contribution >= 0.6 is 11.6 Å². The number of aryl methyl sites for hydroxylation is 1. The molecule has 4 heteroatoms. The first-order chi connectivity index (χ1) is 10.1. The van der Waals surface area contributed by atoms with E-state index in [4.69, 9.17) is 16.0 Å². The second kappa shape index (κ2) is 5.34. The molecule has 3 aromatic rings. The van der Waals surface area contributed by atoms with E-state index in [2.05, 4.69) is 0 Å². The van der Waals surface area contributed by atoms with Gasteiger partial charge in [0.2, 0.25) is 0 Å². The molecule has 0 saturated heterocycles. The third-order valence-corrected chi connectivity index (χ3v) is 3.69. The highest BCUT2D eigenvalue weighted by Gasteiger charge is 2.21. The number of fused-ring (bicyclic) bond motifs is 1. The summed E-state index contributed by atoms with van der Waals surface area (Å²) in [7, 11) is 0. The molecule has 0 amide bonds. The molecule has 0 radical (unpaired) electrons. The fraction of sp³-hybridized carbons (Fsp3) is 0.118. The van der Waals surface area contributed by atoms with E-state index < -0.39 is 5.82 Å². The van der Waals surface area contributed by atoms with Crippen LogP contribution in [0.15, 0.2) is 46.9 Å². The number of halogens is 2. The van der Waals surface area contributed by atoms with Crippen LogP contribution in [0.1, 0.15) is 28.6 Å². The zero-order valence-electron chi connectivity index (χ0n) is 11.3. The average Bonchev–Trinajstić information content (AvgIpc) is 2.87. The smallest absolute Gasteiger partial charge is 0.197 e. The number of benzene rings is 2. The van der Waals surface area contributed by atoms with Crippen LogP contribution in [0.25, 0.3) is 11.0 Å². The van der Waals surface area contributed by atoms with Crippen molar-refractivity contribution in [3.8, 4) is 0 Å². The summed E-state index contributed by atoms with van der Waals surface area (Å²) in [6, 6.07) is 11.4. The molecule has 0 fully saturated rings. The van der Waals surface area contributed by atoms with Crippen molar-refractivity contribution in [1.29, 1.82) is 0 Å². The Bertz CT molecular complexity index is 836. The third kappa shape index (κ3) is 2.34. The lowest BCUT2D eigenvalue weighted by Gasteiger charge is -2.03. The fourth-order valence-corrected chi connectivity index (χ4v) is 2.56. The van der Waals surface area contributed by atoms with Gasteiger partial charge in [-0.05, 0) is 24.3 Å². The maximum Gasteiger partial charge on any atom is 0.197 e. The Morgan fingerprint density at radius 2 is 2.00 bits per heavy atom. The molecule has 0 unspecified atom stereocenters. The number of hydrogen-bond donors (Lipinski definition) is 0. The Morgan fingerprint density at radius 3 is 2.71 bits per heavy atom. The van der Waals surface area contributed by atoms with Gasteiger partial charge in [0.05, 0.1) is 10.6 Å². The van der Waals surface area contributed by atoms with Gasteiger partial charge in [-0.1, -0.05) is 36.7 Å². The molecule has 0 aliphatic rings. The lowest BCUT2D eigenvalue weighted by atomic mass is 9.99. The van der Waals surface area contributed by atoms with Crippen LogP contribution in [-0.2, 0) is 6.42 Å². The normalized spacial score (nSPS) is 11.0. The minimum Gasteiger partial charge on any atom is -0.460 e. The number of furan rings is 1. The predicted octanol–water partition coefficient (Wildman–Crippen LogP) is 5.02. The topological polar surface area (TPSA) is 30.2 Å². The van der Waals surface area contributed by atoms with Gasteiger partial charge in [0.25, 0.3) is 0 Å². The molecule has 2 aromatic carbocycles. The van der Waals surface area contributed by atoms with E-state index in [9.17, 15) is 9.18 Å². The van der Waals surface area contributed by atoms with Crippen LogP contribution in [0.2, 0.25) is 5.02 Å². The Kier molecular flexibility index (Phi) is 3.52. The van der Waals surface area contributed by atoms with Gasteiger partial charge in [-0.25, -0.2) is 4.39 Å². The second-order valence-electron chi connectivity index (χ2n) is 4.71. The molecule has 0 atom stereocenters. The number of carbonyl (C=O) groups excluding carboxylic acids is 1. The van der Waals surface area contributed by atoms with Gasteiger partial charge in [0.1, 0.15) is 17.2 Å². The standard InChI is InChI=1S/C17H12ClFO2/c1-2-14-16(11-5-3-4-6-15(11)21-14)17(20)10-7-8-13(19)12(18)9-10/h3-9H,2H2,1H3. The van der Waals surface area contributed by atoms with Crippen molar-refractivity contribution in [2.75, 3.05) is 0 Å². The molecule has 2 nitrogen and oxygen atoms in total. The minimum absolute atomic E-state index is 0.0632. The fourth-order valence-electron chi connectivity index (χ4n) is 2.38. The summed E-state index contributed by atoms with van der Waals surface area (Å²) in [5.41, 5.74) is 1.55. The molecule has 0 aliphatic carbocycles. The third-order valence-electron chi connectivity index (χ3n) is 3.40. The summed E-state index contributed by atoms with van der Waals surface area (Å²) in [6.07, 6.45) is 0.602. The molecule has 0 N–H and O–H groups in total. The van der Waals surface area contributed by atoms with Crippen LogP contribution in [-0.4, -0.2) is 5.78 Å². The Hall–Kier alpha value is -2.13. The molecular formula is C17H12ClFO2.